The van der Waals surface area contributed by atoms with E-state index < -0.39 is 0 Å². The molecule has 184 valence electrons. The van der Waals surface area contributed by atoms with Crippen LogP contribution in [0.15, 0.2) is 84.9 Å². The molecule has 0 amide bonds. The van der Waals surface area contributed by atoms with Crippen LogP contribution in [0.5, 0.6) is 0 Å². The predicted molar refractivity (Wildman–Crippen MR) is 156 cm³/mol. The molecule has 0 aliphatic carbocycles. The van der Waals surface area contributed by atoms with E-state index in [-0.39, 0.29) is 0 Å². The van der Waals surface area contributed by atoms with Crippen LogP contribution < -0.4 is 9.80 Å². The van der Waals surface area contributed by atoms with Gasteiger partial charge in [0.2, 0.25) is 0 Å². The lowest BCUT2D eigenvalue weighted by Crippen LogP contribution is -2.24. The van der Waals surface area contributed by atoms with Crippen molar-refractivity contribution >= 4 is 34.1 Å². The summed E-state index contributed by atoms with van der Waals surface area (Å²) < 4.78 is 0. The van der Waals surface area contributed by atoms with Gasteiger partial charge >= 0.3 is 0 Å². The molecule has 0 saturated carbocycles. The molecule has 0 radical (unpaired) electrons. The average Bonchev–Trinajstić information content (AvgIpc) is 2.90. The van der Waals surface area contributed by atoms with Crippen molar-refractivity contribution < 1.29 is 0 Å². The molecule has 0 N–H and O–H groups in total. The van der Waals surface area contributed by atoms with Gasteiger partial charge in [-0.2, -0.15) is 0 Å². The molecule has 0 aromatic heterocycles. The number of aryl methyl sites for hydroxylation is 4. The van der Waals surface area contributed by atoms with E-state index in [1.165, 1.54) is 82.1 Å². The van der Waals surface area contributed by atoms with Crippen molar-refractivity contribution in [3.8, 4) is 0 Å². The van der Waals surface area contributed by atoms with E-state index in [4.69, 9.17) is 0 Å². The average molecular weight is 475 g/mol. The molecule has 5 rings (SSSR count). The Hall–Kier alpha value is -3.52. The van der Waals surface area contributed by atoms with Gasteiger partial charge in [-0.15, -0.1) is 0 Å². The molecule has 0 saturated heterocycles. The van der Waals surface area contributed by atoms with Crippen LogP contribution >= 0.6 is 0 Å². The molecule has 2 nitrogen and oxygen atoms in total. The van der Waals surface area contributed by atoms with Gasteiger partial charge in [0.05, 0.1) is 22.7 Å². The highest BCUT2D eigenvalue weighted by Crippen LogP contribution is 2.54. The van der Waals surface area contributed by atoms with E-state index in [2.05, 4.69) is 122 Å². The summed E-state index contributed by atoms with van der Waals surface area (Å²) in [6, 6.07) is 32.0. The van der Waals surface area contributed by atoms with Crippen molar-refractivity contribution in [3.05, 3.63) is 107 Å². The number of benzene rings is 4. The van der Waals surface area contributed by atoms with Crippen molar-refractivity contribution in [2.45, 2.75) is 66.2 Å². The van der Waals surface area contributed by atoms with Gasteiger partial charge in [-0.05, 0) is 110 Å². The van der Waals surface area contributed by atoms with Gasteiger partial charge in [-0.1, -0.05) is 63.1 Å². The van der Waals surface area contributed by atoms with Crippen LogP contribution in [0, 0.1) is 13.8 Å². The van der Waals surface area contributed by atoms with Crippen LogP contribution in [0.4, 0.5) is 34.1 Å². The molecule has 1 heterocycles. The quantitative estimate of drug-likeness (QED) is 0.221. The van der Waals surface area contributed by atoms with Gasteiger partial charge in [0.1, 0.15) is 0 Å². The van der Waals surface area contributed by atoms with Crippen molar-refractivity contribution in [2.75, 3.05) is 9.80 Å². The van der Waals surface area contributed by atoms with Crippen LogP contribution in [0.2, 0.25) is 0 Å². The van der Waals surface area contributed by atoms with Crippen LogP contribution in [0.3, 0.4) is 0 Å². The highest BCUT2D eigenvalue weighted by atomic mass is 15.3. The number of anilines is 6. The van der Waals surface area contributed by atoms with Crippen LogP contribution in [-0.4, -0.2) is 0 Å². The maximum absolute atomic E-state index is 2.44. The maximum Gasteiger partial charge on any atom is 0.0705 e. The van der Waals surface area contributed by atoms with Gasteiger partial charge in [0.25, 0.3) is 0 Å². The topological polar surface area (TPSA) is 6.48 Å². The van der Waals surface area contributed by atoms with Crippen LogP contribution in [-0.2, 0) is 12.8 Å². The lowest BCUT2D eigenvalue weighted by molar-refractivity contribution is 0.795. The van der Waals surface area contributed by atoms with Gasteiger partial charge in [-0.3, -0.25) is 0 Å². The molecule has 0 unspecified atom stereocenters. The molecular formula is C34H38N2. The summed E-state index contributed by atoms with van der Waals surface area (Å²) in [4.78, 5) is 4.87. The van der Waals surface area contributed by atoms with Crippen LogP contribution in [0.25, 0.3) is 0 Å². The molecule has 4 aromatic rings. The van der Waals surface area contributed by atoms with Crippen molar-refractivity contribution in [3.63, 3.8) is 0 Å². The van der Waals surface area contributed by atoms with E-state index in [9.17, 15) is 0 Å². The van der Waals surface area contributed by atoms with Crippen molar-refractivity contribution in [2.24, 2.45) is 0 Å². The van der Waals surface area contributed by atoms with E-state index >= 15 is 0 Å². The third-order valence-corrected chi connectivity index (χ3v) is 7.25. The second-order valence-electron chi connectivity index (χ2n) is 10.2. The van der Waals surface area contributed by atoms with Gasteiger partial charge in [0.15, 0.2) is 0 Å². The normalized spacial score (nSPS) is 12.4. The highest BCUT2D eigenvalue weighted by Gasteiger charge is 2.30. The lowest BCUT2D eigenvalue weighted by Gasteiger charge is -2.40. The molecular weight excluding hydrogens is 436 g/mol. The van der Waals surface area contributed by atoms with Crippen molar-refractivity contribution in [1.82, 2.24) is 0 Å². The number of hydrogen-bond donors (Lipinski definition) is 0. The first kappa shape index (κ1) is 24.2. The summed E-state index contributed by atoms with van der Waals surface area (Å²) in [5.74, 6) is 0. The third kappa shape index (κ3) is 4.78. The molecule has 1 aliphatic rings. The van der Waals surface area contributed by atoms with E-state index in [0.29, 0.717) is 0 Å². The Bertz CT molecular complexity index is 1210. The van der Waals surface area contributed by atoms with E-state index in [1.807, 2.05) is 0 Å². The SMILES string of the molecule is CCCCc1ccc(N2c3ccc(C)cc3N(c3ccc(CCCC)cc3)c3ccc(C)cc32)cc1. The molecule has 0 atom stereocenters. The zero-order valence-electron chi connectivity index (χ0n) is 22.2. The molecule has 2 heteroatoms. The molecule has 0 fully saturated rings. The highest BCUT2D eigenvalue weighted by molar-refractivity contribution is 6.01. The zero-order chi connectivity index (χ0) is 25.1. The maximum atomic E-state index is 2.44. The van der Waals surface area contributed by atoms with Gasteiger partial charge in [-0.25, -0.2) is 0 Å². The number of hydrogen-bond acceptors (Lipinski definition) is 2. The molecule has 0 spiro atoms. The smallest absolute Gasteiger partial charge is 0.0705 e. The monoisotopic (exact) mass is 474 g/mol. The molecule has 36 heavy (non-hydrogen) atoms. The Balaban J connectivity index is 1.63. The second kappa shape index (κ2) is 10.6. The Morgan fingerprint density at radius 3 is 1.22 bits per heavy atom. The summed E-state index contributed by atoms with van der Waals surface area (Å²) in [6.45, 7) is 8.88. The Labute approximate surface area is 217 Å². The lowest BCUT2D eigenvalue weighted by atomic mass is 10.0. The standard InChI is InChI=1S/C34H38N2/c1-5-7-9-27-13-17-29(18-14-27)35-31-21-11-26(4)24-34(31)36(32-22-12-25(3)23-33(32)35)30-19-15-28(16-20-30)10-8-6-2/h11-24H,5-10H2,1-4H3. The predicted octanol–water partition coefficient (Wildman–Crippen LogP) is 10.2. The summed E-state index contributed by atoms with van der Waals surface area (Å²) in [7, 11) is 0. The Morgan fingerprint density at radius 1 is 0.472 bits per heavy atom. The Kier molecular flexibility index (Phi) is 7.13. The molecule has 0 bridgehead atoms. The summed E-state index contributed by atoms with van der Waals surface area (Å²) in [6.07, 6.45) is 7.21. The fraction of sp³-hybridized carbons (Fsp3) is 0.294. The first-order valence-corrected chi connectivity index (χ1v) is 13.6. The summed E-state index contributed by atoms with van der Waals surface area (Å²) >= 11 is 0. The third-order valence-electron chi connectivity index (χ3n) is 7.25. The Morgan fingerprint density at radius 2 is 0.861 bits per heavy atom. The fourth-order valence-corrected chi connectivity index (χ4v) is 5.20. The minimum absolute atomic E-state index is 1.14. The number of fused-ring (bicyclic) bond motifs is 2. The second-order valence-corrected chi connectivity index (χ2v) is 10.2. The van der Waals surface area contributed by atoms with Gasteiger partial charge in [0, 0.05) is 11.4 Å². The summed E-state index contributed by atoms with van der Waals surface area (Å²) in [5, 5.41) is 0. The van der Waals surface area contributed by atoms with Gasteiger partial charge < -0.3 is 9.80 Å². The minimum Gasteiger partial charge on any atom is -0.306 e. The van der Waals surface area contributed by atoms with E-state index in [0.717, 1.165) is 12.8 Å². The zero-order valence-corrected chi connectivity index (χ0v) is 22.2. The molecule has 1 aliphatic heterocycles. The van der Waals surface area contributed by atoms with E-state index in [1.54, 1.807) is 0 Å². The number of unbranched alkanes of at least 4 members (excludes halogenated alkanes) is 2. The first-order valence-electron chi connectivity index (χ1n) is 13.6. The van der Waals surface area contributed by atoms with Crippen molar-refractivity contribution in [1.29, 1.82) is 0 Å². The fourth-order valence-electron chi connectivity index (χ4n) is 5.20. The number of nitrogens with zero attached hydrogens (tertiary/aromatic N) is 2. The van der Waals surface area contributed by atoms with Crippen LogP contribution in [0.1, 0.15) is 61.8 Å². The largest absolute Gasteiger partial charge is 0.306 e. The molecule has 4 aromatic carbocycles. The first-order chi connectivity index (χ1) is 17.6. The minimum atomic E-state index is 1.14. The number of rotatable bonds is 8. The summed E-state index contributed by atoms with van der Waals surface area (Å²) in [5.41, 5.74) is 12.7.